The predicted octanol–water partition coefficient (Wildman–Crippen LogP) is 11.6. The van der Waals surface area contributed by atoms with Gasteiger partial charge in [-0.05, 0) is 115 Å². The van der Waals surface area contributed by atoms with Crippen LogP contribution in [0.5, 0.6) is 0 Å². The summed E-state index contributed by atoms with van der Waals surface area (Å²) >= 11 is 0. The van der Waals surface area contributed by atoms with Crippen molar-refractivity contribution in [3.05, 3.63) is 106 Å². The molecule has 0 unspecified atom stereocenters. The van der Waals surface area contributed by atoms with Gasteiger partial charge in [0.25, 0.3) is 6.71 Å². The summed E-state index contributed by atoms with van der Waals surface area (Å²) in [5.41, 5.74) is 18.5. The first kappa shape index (κ1) is 35.3. The van der Waals surface area contributed by atoms with Crippen LogP contribution in [0.15, 0.2) is 71.1 Å². The maximum absolute atomic E-state index is 7.25. The van der Waals surface area contributed by atoms with E-state index in [0.717, 1.165) is 11.2 Å². The van der Waals surface area contributed by atoms with Crippen LogP contribution in [0, 0.1) is 0 Å². The SMILES string of the molecule is CC(C)(C)c1ccc2c(c1)B1c3oc4ccc(C(C)(C)C)cc4c3N(c3ccc4c(c3)C(C)(C)CCC4(C)C)c3cc(C(C)(C)C)cc(c31)C2(C)C. The van der Waals surface area contributed by atoms with E-state index in [-0.39, 0.29) is 39.2 Å². The quantitative estimate of drug-likeness (QED) is 0.160. The van der Waals surface area contributed by atoms with Gasteiger partial charge in [-0.3, -0.25) is 0 Å². The fourth-order valence-electron chi connectivity index (χ4n) is 9.59. The van der Waals surface area contributed by atoms with E-state index in [9.17, 15) is 0 Å². The van der Waals surface area contributed by atoms with Crippen LogP contribution in [-0.4, -0.2) is 6.71 Å². The van der Waals surface area contributed by atoms with Gasteiger partial charge in [0.1, 0.15) is 5.58 Å². The summed E-state index contributed by atoms with van der Waals surface area (Å²) in [4.78, 5) is 2.62. The molecule has 0 spiro atoms. The maximum Gasteiger partial charge on any atom is 0.293 e. The van der Waals surface area contributed by atoms with E-state index in [1.165, 1.54) is 85.2 Å². The molecule has 3 heterocycles. The van der Waals surface area contributed by atoms with Crippen LogP contribution in [0.2, 0.25) is 0 Å². The normalized spacial score (nSPS) is 18.5. The van der Waals surface area contributed by atoms with Gasteiger partial charge < -0.3 is 9.32 Å². The average molecular weight is 690 g/mol. The van der Waals surface area contributed by atoms with E-state index < -0.39 is 0 Å². The van der Waals surface area contributed by atoms with E-state index in [0.29, 0.717) is 0 Å². The topological polar surface area (TPSA) is 16.4 Å². The molecule has 0 atom stereocenters. The number of furan rings is 1. The number of hydrogen-bond acceptors (Lipinski definition) is 2. The summed E-state index contributed by atoms with van der Waals surface area (Å²) in [6.07, 6.45) is 2.39. The molecule has 1 aliphatic carbocycles. The lowest BCUT2D eigenvalue weighted by Gasteiger charge is -2.46. The lowest BCUT2D eigenvalue weighted by atomic mass is 9.31. The number of rotatable bonds is 1. The fourth-order valence-corrected chi connectivity index (χ4v) is 9.59. The van der Waals surface area contributed by atoms with Gasteiger partial charge >= 0.3 is 0 Å². The average Bonchev–Trinajstić information content (AvgIpc) is 3.41. The van der Waals surface area contributed by atoms with Crippen molar-refractivity contribution in [2.45, 2.75) is 149 Å². The highest BCUT2D eigenvalue weighted by atomic mass is 16.3. The fraction of sp³-hybridized carbons (Fsp3) is 0.469. The number of fused-ring (bicyclic) bond motifs is 7. The van der Waals surface area contributed by atoms with Crippen molar-refractivity contribution in [3.63, 3.8) is 0 Å². The minimum Gasteiger partial charge on any atom is -0.468 e. The number of benzene rings is 4. The number of nitrogens with zero attached hydrogens (tertiary/aromatic N) is 1. The monoisotopic (exact) mass is 689 g/mol. The number of anilines is 3. The Morgan fingerprint density at radius 3 is 1.79 bits per heavy atom. The second-order valence-corrected chi connectivity index (χ2v) is 21.4. The van der Waals surface area contributed by atoms with Crippen LogP contribution >= 0.6 is 0 Å². The van der Waals surface area contributed by atoms with Crippen molar-refractivity contribution in [1.82, 2.24) is 0 Å². The standard InChI is InChI=1S/C49H60BNO/c1-44(2,3)29-17-21-40-33(24-29)42-43(52-40)50-38-26-30(45(4,5)6)16-19-35(38)49(14,15)37-25-31(46(7,8)9)27-39(41(37)50)51(42)32-18-20-34-36(28-32)48(12,13)23-22-47(34,10)11/h16-21,24-28H,22-23H2,1-15H3. The molecule has 270 valence electrons. The highest BCUT2D eigenvalue weighted by Gasteiger charge is 2.50. The van der Waals surface area contributed by atoms with Gasteiger partial charge in [-0.15, -0.1) is 0 Å². The maximum atomic E-state index is 7.25. The Bertz CT molecular complexity index is 2290. The van der Waals surface area contributed by atoms with Crippen LogP contribution in [0.25, 0.3) is 11.0 Å². The summed E-state index contributed by atoms with van der Waals surface area (Å²) in [5, 5.41) is 1.20. The molecule has 4 aromatic carbocycles. The van der Waals surface area contributed by atoms with Crippen LogP contribution in [0.3, 0.4) is 0 Å². The van der Waals surface area contributed by atoms with Gasteiger partial charge in [-0.25, -0.2) is 0 Å². The molecule has 0 saturated carbocycles. The first-order chi connectivity index (χ1) is 23.9. The second kappa shape index (κ2) is 10.7. The van der Waals surface area contributed by atoms with E-state index in [1.807, 2.05) is 0 Å². The smallest absolute Gasteiger partial charge is 0.293 e. The third kappa shape index (κ3) is 5.11. The summed E-state index contributed by atoms with van der Waals surface area (Å²) in [6.45, 7) is 35.7. The molecule has 3 aliphatic rings. The van der Waals surface area contributed by atoms with E-state index in [1.54, 1.807) is 0 Å². The first-order valence-corrected chi connectivity index (χ1v) is 19.8. The van der Waals surface area contributed by atoms with E-state index >= 15 is 0 Å². The largest absolute Gasteiger partial charge is 0.468 e. The van der Waals surface area contributed by atoms with Gasteiger partial charge in [0.15, 0.2) is 0 Å². The first-order valence-electron chi connectivity index (χ1n) is 19.8. The Labute approximate surface area is 314 Å². The summed E-state index contributed by atoms with van der Waals surface area (Å²) < 4.78 is 7.25. The minimum absolute atomic E-state index is 0.00548. The molecule has 0 fully saturated rings. The third-order valence-electron chi connectivity index (χ3n) is 13.3. The van der Waals surface area contributed by atoms with Gasteiger partial charge in [-0.1, -0.05) is 146 Å². The lowest BCUT2D eigenvalue weighted by molar-refractivity contribution is 0.332. The molecule has 2 aliphatic heterocycles. The zero-order valence-electron chi connectivity index (χ0n) is 34.7. The predicted molar refractivity (Wildman–Crippen MR) is 226 cm³/mol. The molecule has 0 saturated heterocycles. The van der Waals surface area contributed by atoms with E-state index in [4.69, 9.17) is 4.42 Å². The van der Waals surface area contributed by atoms with Crippen LogP contribution in [0.4, 0.5) is 17.1 Å². The van der Waals surface area contributed by atoms with Crippen molar-refractivity contribution < 1.29 is 4.42 Å². The Kier molecular flexibility index (Phi) is 7.27. The van der Waals surface area contributed by atoms with Crippen molar-refractivity contribution in [2.75, 3.05) is 4.90 Å². The second-order valence-electron chi connectivity index (χ2n) is 21.4. The highest BCUT2D eigenvalue weighted by molar-refractivity contribution is 6.98. The number of hydrogen-bond donors (Lipinski definition) is 0. The van der Waals surface area contributed by atoms with Crippen LogP contribution in [0.1, 0.15) is 156 Å². The summed E-state index contributed by atoms with van der Waals surface area (Å²) in [6, 6.07) is 26.7. The van der Waals surface area contributed by atoms with Crippen molar-refractivity contribution in [3.8, 4) is 0 Å². The molecule has 8 rings (SSSR count). The molecular weight excluding hydrogens is 629 g/mol. The Hall–Kier alpha value is -3.72. The zero-order chi connectivity index (χ0) is 37.7. The molecular formula is C49H60BNO. The van der Waals surface area contributed by atoms with Gasteiger partial charge in [0.05, 0.1) is 11.3 Å². The molecule has 1 aromatic heterocycles. The van der Waals surface area contributed by atoms with Crippen LogP contribution in [-0.2, 0) is 32.5 Å². The van der Waals surface area contributed by atoms with Crippen LogP contribution < -0.4 is 21.5 Å². The molecule has 0 N–H and O–H groups in total. The molecule has 5 aromatic rings. The molecule has 0 bridgehead atoms. The van der Waals surface area contributed by atoms with Gasteiger partial charge in [0.2, 0.25) is 0 Å². The molecule has 3 heteroatoms. The van der Waals surface area contributed by atoms with Gasteiger partial charge in [0, 0.05) is 22.2 Å². The van der Waals surface area contributed by atoms with Crippen molar-refractivity contribution >= 4 is 51.3 Å². The lowest BCUT2D eigenvalue weighted by Crippen LogP contribution is -2.64. The summed E-state index contributed by atoms with van der Waals surface area (Å²) in [5.74, 6) is 0. The third-order valence-corrected chi connectivity index (χ3v) is 13.3. The van der Waals surface area contributed by atoms with Gasteiger partial charge in [-0.2, -0.15) is 0 Å². The molecule has 0 amide bonds. The molecule has 0 radical (unpaired) electrons. The zero-order valence-corrected chi connectivity index (χ0v) is 34.7. The van der Waals surface area contributed by atoms with E-state index in [2.05, 4.69) is 175 Å². The summed E-state index contributed by atoms with van der Waals surface area (Å²) in [7, 11) is 0. The molecule has 2 nitrogen and oxygen atoms in total. The molecule has 52 heavy (non-hydrogen) atoms. The van der Waals surface area contributed by atoms with Crippen molar-refractivity contribution in [2.24, 2.45) is 0 Å². The minimum atomic E-state index is -0.190. The van der Waals surface area contributed by atoms with Crippen molar-refractivity contribution in [1.29, 1.82) is 0 Å². The Morgan fingerprint density at radius 2 is 1.15 bits per heavy atom. The highest BCUT2D eigenvalue weighted by Crippen LogP contribution is 2.51. The Balaban J connectivity index is 1.53. The Morgan fingerprint density at radius 1 is 0.577 bits per heavy atom.